The minimum atomic E-state index is -0.418. The highest BCUT2D eigenvalue weighted by Crippen LogP contribution is 2.47. The Kier molecular flexibility index (Phi) is 8.12. The van der Waals surface area contributed by atoms with Gasteiger partial charge in [0, 0.05) is 24.3 Å². The quantitative estimate of drug-likeness (QED) is 0.290. The smallest absolute Gasteiger partial charge is 0.273 e. The van der Waals surface area contributed by atoms with Crippen molar-refractivity contribution in [3.63, 3.8) is 0 Å². The molecule has 208 valence electrons. The summed E-state index contributed by atoms with van der Waals surface area (Å²) in [6, 6.07) is 9.26. The molecule has 2 aliphatic rings. The molecule has 2 N–H and O–H groups in total. The first-order chi connectivity index (χ1) is 18.9. The normalized spacial score (nSPS) is 18.6. The molecule has 2 unspecified atom stereocenters. The molecule has 8 nitrogen and oxygen atoms in total. The number of hydrogen-bond donors (Lipinski definition) is 2. The first-order valence-corrected chi connectivity index (χ1v) is 14.1. The number of hydrogen-bond acceptors (Lipinski definition) is 6. The van der Waals surface area contributed by atoms with Crippen LogP contribution in [0.1, 0.15) is 84.7 Å². The fourth-order valence-corrected chi connectivity index (χ4v) is 5.80. The number of aryl methyl sites for hydroxylation is 2. The molecule has 1 fully saturated rings. The van der Waals surface area contributed by atoms with Gasteiger partial charge < -0.3 is 24.2 Å². The van der Waals surface area contributed by atoms with Crippen molar-refractivity contribution >= 4 is 5.91 Å². The van der Waals surface area contributed by atoms with Crippen LogP contribution in [0.3, 0.4) is 0 Å². The number of benzene rings is 2. The Bertz CT molecular complexity index is 1300. The summed E-state index contributed by atoms with van der Waals surface area (Å²) >= 11 is 0. The third kappa shape index (κ3) is 5.35. The highest BCUT2D eigenvalue weighted by atomic mass is 16.5. The molecule has 3 aromatic rings. The number of aromatic hydroxyl groups is 1. The van der Waals surface area contributed by atoms with Crippen molar-refractivity contribution in [2.75, 3.05) is 26.4 Å². The lowest BCUT2D eigenvalue weighted by Crippen LogP contribution is -2.36. The van der Waals surface area contributed by atoms with E-state index in [9.17, 15) is 9.90 Å². The molecule has 0 bridgehead atoms. The summed E-state index contributed by atoms with van der Waals surface area (Å²) in [7, 11) is 0. The summed E-state index contributed by atoms with van der Waals surface area (Å²) in [5.41, 5.74) is 5.20. The lowest BCUT2D eigenvalue weighted by molar-refractivity contribution is 0.0495. The van der Waals surface area contributed by atoms with Crippen LogP contribution in [0, 0.1) is 13.8 Å². The van der Waals surface area contributed by atoms with Crippen molar-refractivity contribution in [1.82, 2.24) is 15.1 Å². The van der Waals surface area contributed by atoms with Gasteiger partial charge in [0.1, 0.15) is 17.1 Å². The van der Waals surface area contributed by atoms with Gasteiger partial charge in [0.15, 0.2) is 11.5 Å². The molecule has 2 aliphatic heterocycles. The third-order valence-electron chi connectivity index (χ3n) is 7.57. The number of ether oxygens (including phenoxy) is 3. The molecule has 0 aliphatic carbocycles. The largest absolute Gasteiger partial charge is 0.507 e. The molecule has 0 radical (unpaired) electrons. The van der Waals surface area contributed by atoms with Gasteiger partial charge >= 0.3 is 0 Å². The van der Waals surface area contributed by atoms with Gasteiger partial charge in [-0.3, -0.25) is 9.89 Å². The minimum Gasteiger partial charge on any atom is -0.507 e. The van der Waals surface area contributed by atoms with Gasteiger partial charge in [-0.25, -0.2) is 0 Å². The van der Waals surface area contributed by atoms with E-state index in [2.05, 4.69) is 17.1 Å². The average Bonchev–Trinajstić information content (AvgIpc) is 3.62. The zero-order chi connectivity index (χ0) is 27.5. The summed E-state index contributed by atoms with van der Waals surface area (Å²) in [6.45, 7) is 10.3. The third-order valence-corrected chi connectivity index (χ3v) is 7.57. The lowest BCUT2D eigenvalue weighted by Gasteiger charge is -2.29. The number of unbranched alkanes of at least 4 members (excludes halogenated alkanes) is 2. The summed E-state index contributed by atoms with van der Waals surface area (Å²) < 4.78 is 18.0. The van der Waals surface area contributed by atoms with Gasteiger partial charge in [0.05, 0.1) is 25.4 Å². The summed E-state index contributed by atoms with van der Waals surface area (Å²) in [5.74, 6) is 1.39. The minimum absolute atomic E-state index is 0.0149. The van der Waals surface area contributed by atoms with Gasteiger partial charge in [0.25, 0.3) is 5.91 Å². The van der Waals surface area contributed by atoms with E-state index in [1.807, 2.05) is 49.9 Å². The number of H-pyrrole nitrogens is 1. The Balaban J connectivity index is 1.59. The van der Waals surface area contributed by atoms with Crippen molar-refractivity contribution < 1.29 is 24.1 Å². The molecule has 5 rings (SSSR count). The summed E-state index contributed by atoms with van der Waals surface area (Å²) in [4.78, 5) is 15.7. The van der Waals surface area contributed by atoms with Crippen LogP contribution in [-0.2, 0) is 4.74 Å². The number of aromatic amines is 1. The van der Waals surface area contributed by atoms with Crippen LogP contribution in [0.15, 0.2) is 30.3 Å². The number of phenolic OH excluding ortho intramolecular Hbond substituents is 1. The van der Waals surface area contributed by atoms with E-state index >= 15 is 0 Å². The first kappa shape index (κ1) is 27.1. The molecule has 1 saturated heterocycles. The molecule has 39 heavy (non-hydrogen) atoms. The van der Waals surface area contributed by atoms with Crippen LogP contribution in [0.2, 0.25) is 0 Å². The highest BCUT2D eigenvalue weighted by molar-refractivity contribution is 6.00. The molecule has 2 atom stereocenters. The average molecular weight is 534 g/mol. The number of carbonyl (C=O) groups is 1. The van der Waals surface area contributed by atoms with Crippen LogP contribution < -0.4 is 9.47 Å². The fourth-order valence-electron chi connectivity index (χ4n) is 5.80. The number of phenols is 1. The molecule has 0 spiro atoms. The topological polar surface area (TPSA) is 96.9 Å². The zero-order valence-electron chi connectivity index (χ0n) is 23.4. The lowest BCUT2D eigenvalue weighted by atomic mass is 9.93. The Hall–Kier alpha value is -3.52. The van der Waals surface area contributed by atoms with Gasteiger partial charge in [-0.15, -0.1) is 0 Å². The molecular weight excluding hydrogens is 494 g/mol. The monoisotopic (exact) mass is 533 g/mol. The maximum atomic E-state index is 13.8. The van der Waals surface area contributed by atoms with Gasteiger partial charge in [0.2, 0.25) is 0 Å². The zero-order valence-corrected chi connectivity index (χ0v) is 23.4. The molecule has 1 aromatic heterocycles. The molecule has 3 heterocycles. The Morgan fingerprint density at radius 3 is 2.69 bits per heavy atom. The van der Waals surface area contributed by atoms with Crippen LogP contribution >= 0.6 is 0 Å². The standard InChI is InChI=1S/C31H39N3O5/c1-5-7-8-13-39-24-12-11-21(17-25(24)37-6-2)30-27-28(26-20(4)15-19(3)16-23(26)35)32-33-29(27)31(36)34(30)18-22-10-9-14-38-22/h11-12,15-17,22,30,35H,5-10,13-14,18H2,1-4H3,(H,32,33). The molecule has 1 amide bonds. The maximum Gasteiger partial charge on any atom is 0.273 e. The summed E-state index contributed by atoms with van der Waals surface area (Å²) in [5, 5.41) is 18.5. The SMILES string of the molecule is CCCCCOc1ccc(C2c3c(-c4c(C)cc(C)cc4O)n[nH]c3C(=O)N2CC2CCCO2)cc1OCC. The highest BCUT2D eigenvalue weighted by Gasteiger charge is 2.44. The van der Waals surface area contributed by atoms with Crippen molar-refractivity contribution in [3.05, 3.63) is 58.3 Å². The van der Waals surface area contributed by atoms with Crippen molar-refractivity contribution in [1.29, 1.82) is 0 Å². The van der Waals surface area contributed by atoms with Crippen molar-refractivity contribution in [2.24, 2.45) is 0 Å². The van der Waals surface area contributed by atoms with Crippen molar-refractivity contribution in [2.45, 2.75) is 71.9 Å². The molecule has 0 saturated carbocycles. The van der Waals surface area contributed by atoms with Crippen LogP contribution in [0.5, 0.6) is 17.2 Å². The van der Waals surface area contributed by atoms with E-state index in [0.717, 1.165) is 54.4 Å². The van der Waals surface area contributed by atoms with Crippen molar-refractivity contribution in [3.8, 4) is 28.5 Å². The van der Waals surface area contributed by atoms with Gasteiger partial charge in [-0.05, 0) is 74.9 Å². The van der Waals surface area contributed by atoms with E-state index in [0.29, 0.717) is 54.8 Å². The number of nitrogens with zero attached hydrogens (tertiary/aromatic N) is 2. The van der Waals surface area contributed by atoms with E-state index in [1.165, 1.54) is 0 Å². The molecule has 8 heteroatoms. The molecular formula is C31H39N3O5. The Labute approximate surface area is 230 Å². The number of rotatable bonds is 11. The van der Waals surface area contributed by atoms with Crippen LogP contribution in [0.4, 0.5) is 0 Å². The van der Waals surface area contributed by atoms with Crippen LogP contribution in [0.25, 0.3) is 11.3 Å². The second-order valence-electron chi connectivity index (χ2n) is 10.5. The Morgan fingerprint density at radius 1 is 1.13 bits per heavy atom. The first-order valence-electron chi connectivity index (χ1n) is 14.1. The maximum absolute atomic E-state index is 13.8. The number of amides is 1. The number of nitrogens with one attached hydrogen (secondary N) is 1. The number of fused-ring (bicyclic) bond motifs is 1. The predicted octanol–water partition coefficient (Wildman–Crippen LogP) is 6.09. The predicted molar refractivity (Wildman–Crippen MR) is 150 cm³/mol. The van der Waals surface area contributed by atoms with E-state index < -0.39 is 6.04 Å². The van der Waals surface area contributed by atoms with E-state index in [4.69, 9.17) is 14.2 Å². The van der Waals surface area contributed by atoms with Crippen LogP contribution in [-0.4, -0.2) is 58.6 Å². The van der Waals surface area contributed by atoms with Gasteiger partial charge in [-0.2, -0.15) is 5.10 Å². The number of carbonyl (C=O) groups excluding carboxylic acids is 1. The Morgan fingerprint density at radius 2 is 1.97 bits per heavy atom. The number of aromatic nitrogens is 2. The fraction of sp³-hybridized carbons (Fsp3) is 0.484. The van der Waals surface area contributed by atoms with E-state index in [-0.39, 0.29) is 17.8 Å². The summed E-state index contributed by atoms with van der Waals surface area (Å²) in [6.07, 6.45) is 5.12. The van der Waals surface area contributed by atoms with Gasteiger partial charge in [-0.1, -0.05) is 31.9 Å². The van der Waals surface area contributed by atoms with E-state index in [1.54, 1.807) is 6.07 Å². The second kappa shape index (κ2) is 11.7. The second-order valence-corrected chi connectivity index (χ2v) is 10.5. The molecule has 2 aromatic carbocycles.